The highest BCUT2D eigenvalue weighted by Gasteiger charge is 2.27. The van der Waals surface area contributed by atoms with Crippen LogP contribution in [0.1, 0.15) is 24.1 Å². The van der Waals surface area contributed by atoms with Crippen molar-refractivity contribution in [2.24, 2.45) is 0 Å². The zero-order valence-electron chi connectivity index (χ0n) is 17.8. The first kappa shape index (κ1) is 24.0. The normalized spacial score (nSPS) is 13.2. The number of benzene rings is 3. The van der Waals surface area contributed by atoms with Crippen molar-refractivity contribution in [2.75, 3.05) is 7.11 Å². The molecule has 0 heterocycles. The minimum Gasteiger partial charge on any atom is -0.496 e. The molecular formula is C24H25BrN2O4S. The molecule has 0 bridgehead atoms. The van der Waals surface area contributed by atoms with Crippen molar-refractivity contribution in [3.8, 4) is 5.75 Å². The summed E-state index contributed by atoms with van der Waals surface area (Å²) in [5, 5.41) is 2.92. The van der Waals surface area contributed by atoms with Gasteiger partial charge < -0.3 is 10.1 Å². The quantitative estimate of drug-likeness (QED) is 0.445. The molecule has 8 heteroatoms. The number of rotatable bonds is 9. The van der Waals surface area contributed by atoms with Crippen molar-refractivity contribution in [3.63, 3.8) is 0 Å². The lowest BCUT2D eigenvalue weighted by Crippen LogP contribution is -2.48. The Hall–Kier alpha value is -2.68. The lowest BCUT2D eigenvalue weighted by Gasteiger charge is -2.23. The molecule has 0 fully saturated rings. The fraction of sp³-hybridized carbons (Fsp3) is 0.208. The van der Waals surface area contributed by atoms with Crippen molar-refractivity contribution in [1.29, 1.82) is 0 Å². The number of hydrogen-bond donors (Lipinski definition) is 2. The minimum atomic E-state index is -3.91. The highest BCUT2D eigenvalue weighted by Crippen LogP contribution is 2.24. The highest BCUT2D eigenvalue weighted by molar-refractivity contribution is 9.10. The molecule has 0 spiro atoms. The molecule has 1 amide bonds. The predicted octanol–water partition coefficient (Wildman–Crippen LogP) is 4.22. The number of hydrogen-bond acceptors (Lipinski definition) is 4. The lowest BCUT2D eigenvalue weighted by molar-refractivity contribution is -0.123. The van der Waals surface area contributed by atoms with Crippen LogP contribution in [0.25, 0.3) is 0 Å². The van der Waals surface area contributed by atoms with Gasteiger partial charge in [-0.2, -0.15) is 4.72 Å². The molecule has 0 saturated carbocycles. The van der Waals surface area contributed by atoms with Crippen LogP contribution in [0.2, 0.25) is 0 Å². The van der Waals surface area contributed by atoms with Crippen molar-refractivity contribution in [1.82, 2.24) is 10.0 Å². The molecule has 0 aliphatic rings. The first-order valence-corrected chi connectivity index (χ1v) is 12.3. The van der Waals surface area contributed by atoms with Crippen molar-refractivity contribution in [3.05, 3.63) is 94.5 Å². The van der Waals surface area contributed by atoms with Gasteiger partial charge in [-0.1, -0.05) is 64.5 Å². The third-order valence-corrected chi connectivity index (χ3v) is 7.00. The molecule has 0 radical (unpaired) electrons. The molecular weight excluding hydrogens is 492 g/mol. The number of amides is 1. The van der Waals surface area contributed by atoms with Gasteiger partial charge in [0.1, 0.15) is 11.8 Å². The smallest absolute Gasteiger partial charge is 0.241 e. The van der Waals surface area contributed by atoms with Gasteiger partial charge in [-0.25, -0.2) is 8.42 Å². The Morgan fingerprint density at radius 1 is 0.969 bits per heavy atom. The third kappa shape index (κ3) is 6.18. The molecule has 3 aromatic rings. The molecule has 0 aliphatic carbocycles. The Morgan fingerprint density at radius 3 is 2.25 bits per heavy atom. The maximum atomic E-state index is 13.2. The summed E-state index contributed by atoms with van der Waals surface area (Å²) < 4.78 is 34.7. The topological polar surface area (TPSA) is 84.5 Å². The van der Waals surface area contributed by atoms with Gasteiger partial charge in [0.15, 0.2) is 0 Å². The molecule has 0 unspecified atom stereocenters. The second-order valence-corrected chi connectivity index (χ2v) is 9.92. The van der Waals surface area contributed by atoms with Crippen LogP contribution < -0.4 is 14.8 Å². The van der Waals surface area contributed by atoms with Crippen molar-refractivity contribution < 1.29 is 17.9 Å². The fourth-order valence-corrected chi connectivity index (χ4v) is 4.78. The zero-order valence-corrected chi connectivity index (χ0v) is 20.2. The summed E-state index contributed by atoms with van der Waals surface area (Å²) in [5.41, 5.74) is 1.65. The summed E-state index contributed by atoms with van der Waals surface area (Å²) in [6, 6.07) is 21.6. The Balaban J connectivity index is 1.85. The highest BCUT2D eigenvalue weighted by atomic mass is 79.9. The van der Waals surface area contributed by atoms with E-state index in [-0.39, 0.29) is 17.4 Å². The van der Waals surface area contributed by atoms with Crippen LogP contribution in [0, 0.1) is 0 Å². The first-order chi connectivity index (χ1) is 15.3. The summed E-state index contributed by atoms with van der Waals surface area (Å²) >= 11 is 3.30. The van der Waals surface area contributed by atoms with Crippen molar-refractivity contribution >= 4 is 31.9 Å². The summed E-state index contributed by atoms with van der Waals surface area (Å²) in [5.74, 6) is 0.225. The summed E-state index contributed by atoms with van der Waals surface area (Å²) in [6.45, 7) is 1.83. The van der Waals surface area contributed by atoms with Gasteiger partial charge in [-0.05, 0) is 49.2 Å². The predicted molar refractivity (Wildman–Crippen MR) is 128 cm³/mol. The molecule has 2 N–H and O–H groups in total. The third-order valence-electron chi connectivity index (χ3n) is 4.98. The average Bonchev–Trinajstić information content (AvgIpc) is 2.79. The molecule has 2 atom stereocenters. The molecule has 0 saturated heterocycles. The van der Waals surface area contributed by atoms with Crippen molar-refractivity contribution in [2.45, 2.75) is 30.3 Å². The lowest BCUT2D eigenvalue weighted by atomic mass is 10.0. The number of sulfonamides is 1. The van der Waals surface area contributed by atoms with Crippen LogP contribution in [-0.2, 0) is 21.2 Å². The van der Waals surface area contributed by atoms with Gasteiger partial charge >= 0.3 is 0 Å². The van der Waals surface area contributed by atoms with E-state index in [1.165, 1.54) is 12.1 Å². The fourth-order valence-electron chi connectivity index (χ4n) is 3.32. The second-order valence-electron chi connectivity index (χ2n) is 7.29. The SMILES string of the molecule is COc1ccccc1[C@@H](C)NC(=O)[C@H](Cc1ccccc1)NS(=O)(=O)c1ccc(Br)cc1. The van der Waals surface area contributed by atoms with E-state index in [0.717, 1.165) is 15.6 Å². The van der Waals surface area contributed by atoms with Gasteiger partial charge in [0.25, 0.3) is 0 Å². The number of carbonyl (C=O) groups excluding carboxylic acids is 1. The molecule has 0 aromatic heterocycles. The number of carbonyl (C=O) groups is 1. The number of para-hydroxylation sites is 1. The number of methoxy groups -OCH3 is 1. The minimum absolute atomic E-state index is 0.0874. The molecule has 32 heavy (non-hydrogen) atoms. The molecule has 3 rings (SSSR count). The van der Waals surface area contributed by atoms with E-state index in [9.17, 15) is 13.2 Å². The van der Waals surface area contributed by atoms with E-state index >= 15 is 0 Å². The van der Waals surface area contributed by atoms with E-state index in [1.807, 2.05) is 61.5 Å². The summed E-state index contributed by atoms with van der Waals surface area (Å²) in [7, 11) is -2.34. The number of nitrogens with one attached hydrogen (secondary N) is 2. The maximum Gasteiger partial charge on any atom is 0.241 e. The average molecular weight is 517 g/mol. The van der Waals surface area contributed by atoms with Crippen LogP contribution >= 0.6 is 15.9 Å². The first-order valence-electron chi connectivity index (χ1n) is 10.1. The van der Waals surface area contributed by atoms with E-state index in [1.54, 1.807) is 19.2 Å². The number of halogens is 1. The van der Waals surface area contributed by atoms with Gasteiger partial charge in [-0.3, -0.25) is 4.79 Å². The van der Waals surface area contributed by atoms with E-state index in [2.05, 4.69) is 26.0 Å². The molecule has 168 valence electrons. The maximum absolute atomic E-state index is 13.2. The standard InChI is InChI=1S/C24H25BrN2O4S/c1-17(21-10-6-7-11-23(21)31-2)26-24(28)22(16-18-8-4-3-5-9-18)27-32(29,30)20-14-12-19(25)13-15-20/h3-15,17,22,27H,16H2,1-2H3,(H,26,28)/t17-,22+/m1/s1. The Labute approximate surface area is 197 Å². The molecule has 0 aliphatic heterocycles. The van der Waals surface area contributed by atoms with Crippen LogP contribution in [-0.4, -0.2) is 27.5 Å². The Bertz CT molecular complexity index is 1150. The van der Waals surface area contributed by atoms with Crippen LogP contribution in [0.5, 0.6) is 5.75 Å². The Kier molecular flexibility index (Phi) is 8.06. The Morgan fingerprint density at radius 2 is 1.59 bits per heavy atom. The number of ether oxygens (including phenoxy) is 1. The van der Waals surface area contributed by atoms with E-state index in [0.29, 0.717) is 5.75 Å². The zero-order chi connectivity index (χ0) is 23.1. The largest absolute Gasteiger partial charge is 0.496 e. The summed E-state index contributed by atoms with van der Waals surface area (Å²) in [6.07, 6.45) is 0.209. The van der Waals surface area contributed by atoms with Crippen LogP contribution in [0.3, 0.4) is 0 Å². The van der Waals surface area contributed by atoms with Crippen LogP contribution in [0.4, 0.5) is 0 Å². The second kappa shape index (κ2) is 10.8. The molecule has 3 aromatic carbocycles. The van der Waals surface area contributed by atoms with Gasteiger partial charge in [0, 0.05) is 10.0 Å². The monoisotopic (exact) mass is 516 g/mol. The van der Waals surface area contributed by atoms with Gasteiger partial charge in [0.2, 0.25) is 15.9 Å². The van der Waals surface area contributed by atoms with Gasteiger partial charge in [0.05, 0.1) is 18.0 Å². The summed E-state index contributed by atoms with van der Waals surface area (Å²) in [4.78, 5) is 13.3. The van der Waals surface area contributed by atoms with E-state index < -0.39 is 22.0 Å². The molecule has 6 nitrogen and oxygen atoms in total. The van der Waals surface area contributed by atoms with Crippen LogP contribution in [0.15, 0.2) is 88.2 Å². The van der Waals surface area contributed by atoms with Gasteiger partial charge in [-0.15, -0.1) is 0 Å². The van der Waals surface area contributed by atoms with E-state index in [4.69, 9.17) is 4.74 Å².